The fourth-order valence-electron chi connectivity index (χ4n) is 3.54. The molecule has 0 bridgehead atoms. The highest BCUT2D eigenvalue weighted by Gasteiger charge is 2.31. The van der Waals surface area contributed by atoms with E-state index in [4.69, 9.17) is 0 Å². The van der Waals surface area contributed by atoms with Crippen LogP contribution in [0.5, 0.6) is 0 Å². The molecule has 1 aromatic rings. The third kappa shape index (κ3) is 4.66. The first-order valence-corrected chi connectivity index (χ1v) is 8.03. The van der Waals surface area contributed by atoms with Gasteiger partial charge in [0, 0.05) is 45.8 Å². The molecule has 0 amide bonds. The van der Waals surface area contributed by atoms with Crippen LogP contribution in [0.1, 0.15) is 18.9 Å². The van der Waals surface area contributed by atoms with E-state index in [1.54, 1.807) is 12.1 Å². The molecule has 124 valence electrons. The zero-order valence-corrected chi connectivity index (χ0v) is 14.2. The van der Waals surface area contributed by atoms with Gasteiger partial charge in [-0.3, -0.25) is 4.90 Å². The topological polar surface area (TPSA) is 18.5 Å². The molecule has 1 unspecified atom stereocenters. The number of rotatable bonds is 4. The molecule has 1 N–H and O–H groups in total. The van der Waals surface area contributed by atoms with E-state index in [1.807, 2.05) is 6.07 Å². The molecule has 2 fully saturated rings. The maximum atomic E-state index is 13.2. The molecule has 0 aromatic heterocycles. The first-order valence-electron chi connectivity index (χ1n) is 8.03. The molecule has 22 heavy (non-hydrogen) atoms. The third-order valence-electron chi connectivity index (χ3n) is 4.82. The standard InChI is InChI=1S/C17H26FN3.ClH/c1-17(5-6-19-13-17)14-21-9-7-20(8-10-21)12-15-3-2-4-16(18)11-15;/h2-4,11,19H,5-10,12-14H2,1H3;1H. The lowest BCUT2D eigenvalue weighted by Crippen LogP contribution is -2.49. The molecule has 1 atom stereocenters. The molecule has 3 rings (SSSR count). The largest absolute Gasteiger partial charge is 0.316 e. The predicted molar refractivity (Wildman–Crippen MR) is 91.0 cm³/mol. The molecule has 2 saturated heterocycles. The summed E-state index contributed by atoms with van der Waals surface area (Å²) in [5.74, 6) is -0.132. The highest BCUT2D eigenvalue weighted by atomic mass is 35.5. The van der Waals surface area contributed by atoms with E-state index >= 15 is 0 Å². The van der Waals surface area contributed by atoms with Gasteiger partial charge in [0.1, 0.15) is 5.82 Å². The smallest absolute Gasteiger partial charge is 0.123 e. The summed E-state index contributed by atoms with van der Waals surface area (Å²) in [6.07, 6.45) is 1.29. The van der Waals surface area contributed by atoms with Gasteiger partial charge in [0.05, 0.1) is 0 Å². The summed E-state index contributed by atoms with van der Waals surface area (Å²) in [5.41, 5.74) is 1.53. The minimum Gasteiger partial charge on any atom is -0.316 e. The van der Waals surface area contributed by atoms with Crippen molar-refractivity contribution in [1.29, 1.82) is 0 Å². The Bertz CT molecular complexity index is 469. The quantitative estimate of drug-likeness (QED) is 0.916. The van der Waals surface area contributed by atoms with E-state index < -0.39 is 0 Å². The second-order valence-electron chi connectivity index (χ2n) is 6.92. The van der Waals surface area contributed by atoms with Crippen LogP contribution in [0.2, 0.25) is 0 Å². The zero-order valence-electron chi connectivity index (χ0n) is 13.4. The van der Waals surface area contributed by atoms with E-state index in [9.17, 15) is 4.39 Å². The van der Waals surface area contributed by atoms with Crippen LogP contribution in [-0.4, -0.2) is 55.6 Å². The second kappa shape index (κ2) is 7.73. The first-order chi connectivity index (χ1) is 10.1. The van der Waals surface area contributed by atoms with Gasteiger partial charge in [0.15, 0.2) is 0 Å². The maximum Gasteiger partial charge on any atom is 0.123 e. The molecule has 0 spiro atoms. The first kappa shape index (κ1) is 17.7. The Kier molecular flexibility index (Phi) is 6.21. The number of hydrogen-bond acceptors (Lipinski definition) is 3. The summed E-state index contributed by atoms with van der Waals surface area (Å²) in [5, 5.41) is 3.48. The Hall–Kier alpha value is -0.680. The van der Waals surface area contributed by atoms with Gasteiger partial charge in [-0.05, 0) is 36.1 Å². The molecule has 3 nitrogen and oxygen atoms in total. The van der Waals surface area contributed by atoms with Crippen molar-refractivity contribution in [3.05, 3.63) is 35.6 Å². The van der Waals surface area contributed by atoms with Crippen molar-refractivity contribution >= 4 is 12.4 Å². The number of nitrogens with zero attached hydrogens (tertiary/aromatic N) is 2. The molecule has 2 aliphatic heterocycles. The summed E-state index contributed by atoms with van der Waals surface area (Å²) in [4.78, 5) is 5.02. The minimum atomic E-state index is -0.132. The number of nitrogens with one attached hydrogen (secondary N) is 1. The van der Waals surface area contributed by atoms with Crippen LogP contribution < -0.4 is 5.32 Å². The second-order valence-corrected chi connectivity index (χ2v) is 6.92. The number of benzene rings is 1. The lowest BCUT2D eigenvalue weighted by atomic mass is 9.89. The normalized spacial score (nSPS) is 26.8. The van der Waals surface area contributed by atoms with Crippen molar-refractivity contribution in [2.24, 2.45) is 5.41 Å². The van der Waals surface area contributed by atoms with Crippen LogP contribution in [0.25, 0.3) is 0 Å². The SMILES string of the molecule is CC1(CN2CCN(Cc3cccc(F)c3)CC2)CCNC1.Cl. The van der Waals surface area contributed by atoms with Gasteiger partial charge < -0.3 is 10.2 Å². The van der Waals surface area contributed by atoms with Crippen molar-refractivity contribution in [1.82, 2.24) is 15.1 Å². The Morgan fingerprint density at radius 2 is 1.91 bits per heavy atom. The highest BCUT2D eigenvalue weighted by molar-refractivity contribution is 5.85. The average Bonchev–Trinajstić information content (AvgIpc) is 2.88. The van der Waals surface area contributed by atoms with Crippen molar-refractivity contribution in [2.45, 2.75) is 19.9 Å². The summed E-state index contributed by atoms with van der Waals surface area (Å²) >= 11 is 0. The van der Waals surface area contributed by atoms with Crippen molar-refractivity contribution in [3.63, 3.8) is 0 Å². The van der Waals surface area contributed by atoms with Crippen molar-refractivity contribution in [2.75, 3.05) is 45.8 Å². The van der Waals surface area contributed by atoms with Gasteiger partial charge in [-0.25, -0.2) is 4.39 Å². The average molecular weight is 328 g/mol. The van der Waals surface area contributed by atoms with Crippen molar-refractivity contribution in [3.8, 4) is 0 Å². The van der Waals surface area contributed by atoms with Gasteiger partial charge in [-0.15, -0.1) is 12.4 Å². The van der Waals surface area contributed by atoms with Crippen LogP contribution in [-0.2, 0) is 6.54 Å². The molecule has 0 saturated carbocycles. The van der Waals surface area contributed by atoms with Crippen LogP contribution >= 0.6 is 12.4 Å². The summed E-state index contributed by atoms with van der Waals surface area (Å²) < 4.78 is 13.2. The van der Waals surface area contributed by atoms with Gasteiger partial charge in [0.25, 0.3) is 0 Å². The number of piperazine rings is 1. The molecular weight excluding hydrogens is 301 g/mol. The number of halogens is 2. The molecule has 2 aliphatic rings. The molecule has 5 heteroatoms. The fourth-order valence-corrected chi connectivity index (χ4v) is 3.54. The maximum absolute atomic E-state index is 13.2. The third-order valence-corrected chi connectivity index (χ3v) is 4.82. The molecule has 1 aromatic carbocycles. The summed E-state index contributed by atoms with van der Waals surface area (Å²) in [6, 6.07) is 6.98. The van der Waals surface area contributed by atoms with E-state index in [-0.39, 0.29) is 18.2 Å². The predicted octanol–water partition coefficient (Wildman–Crippen LogP) is 2.36. The molecule has 2 heterocycles. The van der Waals surface area contributed by atoms with Crippen LogP contribution in [0.3, 0.4) is 0 Å². The van der Waals surface area contributed by atoms with E-state index in [1.165, 1.54) is 19.0 Å². The monoisotopic (exact) mass is 327 g/mol. The lowest BCUT2D eigenvalue weighted by Gasteiger charge is -2.38. The summed E-state index contributed by atoms with van der Waals surface area (Å²) in [7, 11) is 0. The van der Waals surface area contributed by atoms with Gasteiger partial charge in [-0.1, -0.05) is 19.1 Å². The Balaban J connectivity index is 0.00000176. The fraction of sp³-hybridized carbons (Fsp3) is 0.647. The lowest BCUT2D eigenvalue weighted by molar-refractivity contribution is 0.0932. The molecular formula is C17H27ClFN3. The van der Waals surface area contributed by atoms with Gasteiger partial charge in [-0.2, -0.15) is 0 Å². The highest BCUT2D eigenvalue weighted by Crippen LogP contribution is 2.26. The van der Waals surface area contributed by atoms with Crippen molar-refractivity contribution < 1.29 is 4.39 Å². The Morgan fingerprint density at radius 3 is 2.55 bits per heavy atom. The van der Waals surface area contributed by atoms with E-state index in [0.717, 1.165) is 51.4 Å². The van der Waals surface area contributed by atoms with Gasteiger partial charge >= 0.3 is 0 Å². The molecule has 0 aliphatic carbocycles. The minimum absolute atomic E-state index is 0. The molecule has 0 radical (unpaired) electrons. The zero-order chi connectivity index (χ0) is 14.7. The Morgan fingerprint density at radius 1 is 1.18 bits per heavy atom. The van der Waals surface area contributed by atoms with Crippen LogP contribution in [0, 0.1) is 11.2 Å². The Labute approximate surface area is 139 Å². The van der Waals surface area contributed by atoms with E-state index in [2.05, 4.69) is 22.0 Å². The number of hydrogen-bond donors (Lipinski definition) is 1. The van der Waals surface area contributed by atoms with Crippen LogP contribution in [0.4, 0.5) is 4.39 Å². The van der Waals surface area contributed by atoms with Gasteiger partial charge in [0.2, 0.25) is 0 Å². The summed E-state index contributed by atoms with van der Waals surface area (Å²) in [6.45, 7) is 11.2. The van der Waals surface area contributed by atoms with E-state index in [0.29, 0.717) is 5.41 Å². The van der Waals surface area contributed by atoms with Crippen LogP contribution in [0.15, 0.2) is 24.3 Å².